The fourth-order valence-corrected chi connectivity index (χ4v) is 0.986. The zero-order chi connectivity index (χ0) is 10.7. The zero-order valence-corrected chi connectivity index (χ0v) is 9.69. The first-order valence-electron chi connectivity index (χ1n) is 5.10. The minimum atomic E-state index is 0. The van der Waals surface area contributed by atoms with Crippen molar-refractivity contribution in [1.29, 1.82) is 0 Å². The van der Waals surface area contributed by atoms with Crippen LogP contribution in [0.15, 0.2) is 36.5 Å². The van der Waals surface area contributed by atoms with Crippen LogP contribution >= 0.6 is 0 Å². The van der Waals surface area contributed by atoms with Gasteiger partial charge in [-0.2, -0.15) is 0 Å². The van der Waals surface area contributed by atoms with Crippen LogP contribution in [-0.2, 0) is 0 Å². The topological polar surface area (TPSA) is 0 Å². The molecule has 0 aromatic heterocycles. The van der Waals surface area contributed by atoms with Gasteiger partial charge in [0.1, 0.15) is 0 Å². The molecule has 0 amide bonds. The van der Waals surface area contributed by atoms with Crippen LogP contribution in [0.5, 0.6) is 0 Å². The van der Waals surface area contributed by atoms with E-state index < -0.39 is 0 Å². The molecule has 0 aliphatic rings. The maximum absolute atomic E-state index is 3.00. The van der Waals surface area contributed by atoms with Crippen LogP contribution in [-0.4, -0.2) is 0 Å². The average Bonchev–Trinajstić information content (AvgIpc) is 2.20. The van der Waals surface area contributed by atoms with Gasteiger partial charge in [0.2, 0.25) is 0 Å². The Morgan fingerprint density at radius 1 is 1.07 bits per heavy atom. The smallest absolute Gasteiger partial charge is 0.0311 e. The van der Waals surface area contributed by atoms with Gasteiger partial charge >= 0.3 is 0 Å². The molecule has 14 heavy (non-hydrogen) atoms. The Bertz CT molecular complexity index is 161. The van der Waals surface area contributed by atoms with Gasteiger partial charge in [-0.05, 0) is 26.2 Å². The summed E-state index contributed by atoms with van der Waals surface area (Å²) >= 11 is 0. The van der Waals surface area contributed by atoms with Crippen molar-refractivity contribution in [2.75, 3.05) is 0 Å². The number of rotatable bonds is 4. The lowest BCUT2D eigenvalue weighted by Crippen LogP contribution is -1.78. The van der Waals surface area contributed by atoms with Crippen molar-refractivity contribution in [3.63, 3.8) is 0 Å². The quantitative estimate of drug-likeness (QED) is 0.410. The Morgan fingerprint density at radius 2 is 1.57 bits per heavy atom. The molecule has 0 fully saturated rings. The van der Waals surface area contributed by atoms with E-state index in [9.17, 15) is 0 Å². The summed E-state index contributed by atoms with van der Waals surface area (Å²) in [4.78, 5) is 0. The van der Waals surface area contributed by atoms with Gasteiger partial charge in [-0.1, -0.05) is 51.5 Å². The third-order valence-electron chi connectivity index (χ3n) is 1.86. The lowest BCUT2D eigenvalue weighted by atomic mass is 10.1. The Kier molecular flexibility index (Phi) is 19.9. The lowest BCUT2D eigenvalue weighted by molar-refractivity contribution is 1.05. The first-order valence-corrected chi connectivity index (χ1v) is 5.10. The van der Waals surface area contributed by atoms with Crippen molar-refractivity contribution >= 4 is 0 Å². The zero-order valence-electron chi connectivity index (χ0n) is 9.69. The first kappa shape index (κ1) is 18.9. The molecule has 0 nitrogen and oxygen atoms in total. The van der Waals surface area contributed by atoms with E-state index in [1.54, 1.807) is 0 Å². The largest absolute Gasteiger partial charge is 0.106 e. The molecule has 0 saturated carbocycles. The first-order chi connectivity index (χ1) is 6.24. The predicted molar refractivity (Wildman–Crippen MR) is 70.7 cm³/mol. The fraction of sp³-hybridized carbons (Fsp3) is 0.571. The molecule has 0 heterocycles. The summed E-state index contributed by atoms with van der Waals surface area (Å²) < 4.78 is 0. The molecule has 0 aromatic rings. The Balaban J connectivity index is -0.000000376. The molecule has 0 heteroatoms. The highest BCUT2D eigenvalue weighted by atomic mass is 13.9. The maximum atomic E-state index is 3.00. The van der Waals surface area contributed by atoms with Crippen molar-refractivity contribution in [3.8, 4) is 0 Å². The van der Waals surface area contributed by atoms with Crippen LogP contribution in [0.4, 0.5) is 0 Å². The molecule has 0 unspecified atom stereocenters. The van der Waals surface area contributed by atoms with Crippen molar-refractivity contribution in [2.24, 2.45) is 0 Å². The SMILES string of the molecule is C.C=C.CC/C=C(\C=C(\C)CC)CC. The normalized spacial score (nSPS) is 11.1. The van der Waals surface area contributed by atoms with Crippen molar-refractivity contribution in [1.82, 2.24) is 0 Å². The molecule has 0 N–H and O–H groups in total. The number of allylic oxidation sites excluding steroid dienone is 4. The highest BCUT2D eigenvalue weighted by Gasteiger charge is 1.88. The van der Waals surface area contributed by atoms with Crippen molar-refractivity contribution in [3.05, 3.63) is 36.5 Å². The molecule has 0 aliphatic carbocycles. The fourth-order valence-electron chi connectivity index (χ4n) is 0.986. The van der Waals surface area contributed by atoms with Gasteiger partial charge in [0, 0.05) is 0 Å². The van der Waals surface area contributed by atoms with Gasteiger partial charge in [-0.3, -0.25) is 0 Å². The lowest BCUT2D eigenvalue weighted by Gasteiger charge is -1.99. The van der Waals surface area contributed by atoms with E-state index in [1.165, 1.54) is 17.6 Å². The van der Waals surface area contributed by atoms with Gasteiger partial charge in [-0.25, -0.2) is 0 Å². The molecule has 0 radical (unpaired) electrons. The van der Waals surface area contributed by atoms with Crippen LogP contribution < -0.4 is 0 Å². The van der Waals surface area contributed by atoms with Crippen molar-refractivity contribution in [2.45, 2.75) is 54.4 Å². The molecule has 0 spiro atoms. The van der Waals surface area contributed by atoms with E-state index in [2.05, 4.69) is 53.0 Å². The van der Waals surface area contributed by atoms with Gasteiger partial charge < -0.3 is 0 Å². The summed E-state index contributed by atoms with van der Waals surface area (Å²) in [5.41, 5.74) is 2.96. The number of hydrogen-bond acceptors (Lipinski definition) is 0. The van der Waals surface area contributed by atoms with E-state index in [0.29, 0.717) is 0 Å². The van der Waals surface area contributed by atoms with E-state index in [4.69, 9.17) is 0 Å². The average molecular weight is 196 g/mol. The van der Waals surface area contributed by atoms with E-state index in [-0.39, 0.29) is 7.43 Å². The Hall–Kier alpha value is -0.780. The van der Waals surface area contributed by atoms with Gasteiger partial charge in [0.25, 0.3) is 0 Å². The van der Waals surface area contributed by atoms with E-state index in [1.807, 2.05) is 0 Å². The molecular weight excluding hydrogens is 168 g/mol. The van der Waals surface area contributed by atoms with Crippen LogP contribution in [0.25, 0.3) is 0 Å². The summed E-state index contributed by atoms with van der Waals surface area (Å²) in [6.45, 7) is 14.8. The minimum absolute atomic E-state index is 0. The summed E-state index contributed by atoms with van der Waals surface area (Å²) in [6, 6.07) is 0. The summed E-state index contributed by atoms with van der Waals surface area (Å²) in [7, 11) is 0. The second-order valence-corrected chi connectivity index (χ2v) is 2.89. The third-order valence-corrected chi connectivity index (χ3v) is 1.86. The van der Waals surface area contributed by atoms with Crippen LogP contribution in [0.3, 0.4) is 0 Å². The second kappa shape index (κ2) is 14.7. The molecule has 0 bridgehead atoms. The standard InChI is InChI=1S/C11H20.C2H4.CH4/c1-5-8-11(7-3)9-10(4)6-2;1-2;/h8-9H,5-7H2,1-4H3;1-2H2;1H4/b10-9-,11-8-;;. The molecular formula is C14H28. The van der Waals surface area contributed by atoms with Gasteiger partial charge in [-0.15, -0.1) is 13.2 Å². The molecule has 0 aromatic carbocycles. The highest BCUT2D eigenvalue weighted by molar-refractivity contribution is 5.21. The molecule has 0 atom stereocenters. The summed E-state index contributed by atoms with van der Waals surface area (Å²) in [6.07, 6.45) is 8.09. The van der Waals surface area contributed by atoms with E-state index >= 15 is 0 Å². The summed E-state index contributed by atoms with van der Waals surface area (Å²) in [5.74, 6) is 0. The summed E-state index contributed by atoms with van der Waals surface area (Å²) in [5, 5.41) is 0. The second-order valence-electron chi connectivity index (χ2n) is 2.89. The Labute approximate surface area is 91.4 Å². The molecule has 0 aliphatic heterocycles. The van der Waals surface area contributed by atoms with Crippen LogP contribution in [0.2, 0.25) is 0 Å². The maximum Gasteiger partial charge on any atom is -0.0311 e. The van der Waals surface area contributed by atoms with Crippen molar-refractivity contribution < 1.29 is 0 Å². The van der Waals surface area contributed by atoms with E-state index in [0.717, 1.165) is 12.8 Å². The minimum Gasteiger partial charge on any atom is -0.106 e. The molecule has 0 rings (SSSR count). The van der Waals surface area contributed by atoms with Crippen LogP contribution in [0, 0.1) is 0 Å². The highest BCUT2D eigenvalue weighted by Crippen LogP contribution is 2.09. The van der Waals surface area contributed by atoms with Crippen LogP contribution in [0.1, 0.15) is 54.4 Å². The third kappa shape index (κ3) is 11.2. The molecule has 0 saturated heterocycles. The monoisotopic (exact) mass is 196 g/mol. The van der Waals surface area contributed by atoms with Gasteiger partial charge in [0.05, 0.1) is 0 Å². The number of hydrogen-bond donors (Lipinski definition) is 0. The van der Waals surface area contributed by atoms with Gasteiger partial charge in [0.15, 0.2) is 0 Å². The molecule has 84 valence electrons. The Morgan fingerprint density at radius 3 is 1.86 bits per heavy atom. The predicted octanol–water partition coefficient (Wildman–Crippen LogP) is 5.53.